The largest absolute Gasteiger partial charge is 0.489 e. The average Bonchev–Trinajstić information content (AvgIpc) is 2.45. The molecule has 1 aliphatic heterocycles. The van der Waals surface area contributed by atoms with Crippen LogP contribution in [-0.4, -0.2) is 32.6 Å². The minimum Gasteiger partial charge on any atom is -0.489 e. The highest BCUT2D eigenvalue weighted by Gasteiger charge is 2.23. The molecule has 1 N–H and O–H groups in total. The number of ether oxygens (including phenoxy) is 1. The van der Waals surface area contributed by atoms with Crippen LogP contribution in [0.3, 0.4) is 0 Å². The molecule has 0 spiro atoms. The Balaban J connectivity index is 1.89. The Morgan fingerprint density at radius 1 is 1.30 bits per heavy atom. The van der Waals surface area contributed by atoms with Crippen molar-refractivity contribution in [3.05, 3.63) is 42.5 Å². The Hall–Kier alpha value is -1.33. The van der Waals surface area contributed by atoms with Crippen LogP contribution in [0.15, 0.2) is 36.9 Å². The molecule has 1 saturated heterocycles. The number of para-hydroxylation sites is 1. The standard InChI is InChI=1S/C15H21NO3S/c1-2-9-19-15-6-4-3-5-13(15)12-16-14-7-10-20(17,18)11-8-14/h2-6,14,16H,1,7-12H2. The summed E-state index contributed by atoms with van der Waals surface area (Å²) in [5.41, 5.74) is 1.09. The minimum atomic E-state index is -2.79. The molecule has 5 heteroatoms. The summed E-state index contributed by atoms with van der Waals surface area (Å²) in [5, 5.41) is 3.42. The molecule has 4 nitrogen and oxygen atoms in total. The number of nitrogens with one attached hydrogen (secondary N) is 1. The van der Waals surface area contributed by atoms with E-state index in [0.29, 0.717) is 37.5 Å². The van der Waals surface area contributed by atoms with Crippen molar-refractivity contribution in [3.8, 4) is 5.75 Å². The summed E-state index contributed by atoms with van der Waals surface area (Å²) in [6.45, 7) is 4.82. The first-order valence-electron chi connectivity index (χ1n) is 6.86. The lowest BCUT2D eigenvalue weighted by Crippen LogP contribution is -2.37. The molecule has 0 aromatic heterocycles. The molecular weight excluding hydrogens is 274 g/mol. The summed E-state index contributed by atoms with van der Waals surface area (Å²) in [7, 11) is -2.79. The number of rotatable bonds is 6. The summed E-state index contributed by atoms with van der Waals surface area (Å²) in [4.78, 5) is 0. The van der Waals surface area contributed by atoms with Crippen LogP contribution >= 0.6 is 0 Å². The summed E-state index contributed by atoms with van der Waals surface area (Å²) in [6, 6.07) is 8.14. The Labute approximate surface area is 120 Å². The van der Waals surface area contributed by atoms with Gasteiger partial charge in [0, 0.05) is 18.2 Å². The molecule has 0 atom stereocenters. The number of hydrogen-bond acceptors (Lipinski definition) is 4. The van der Waals surface area contributed by atoms with Crippen LogP contribution in [-0.2, 0) is 16.4 Å². The molecule has 0 amide bonds. The maximum absolute atomic E-state index is 11.4. The zero-order valence-corrected chi connectivity index (χ0v) is 12.4. The molecule has 1 aliphatic rings. The van der Waals surface area contributed by atoms with Crippen molar-refractivity contribution in [2.45, 2.75) is 25.4 Å². The number of hydrogen-bond donors (Lipinski definition) is 1. The van der Waals surface area contributed by atoms with E-state index >= 15 is 0 Å². The monoisotopic (exact) mass is 295 g/mol. The van der Waals surface area contributed by atoms with Crippen LogP contribution in [0.1, 0.15) is 18.4 Å². The number of sulfone groups is 1. The molecule has 0 unspecified atom stereocenters. The van der Waals surface area contributed by atoms with E-state index in [9.17, 15) is 8.42 Å². The van der Waals surface area contributed by atoms with Gasteiger partial charge in [-0.2, -0.15) is 0 Å². The van der Waals surface area contributed by atoms with Crippen molar-refractivity contribution in [2.75, 3.05) is 18.1 Å². The van der Waals surface area contributed by atoms with E-state index in [-0.39, 0.29) is 6.04 Å². The highest BCUT2D eigenvalue weighted by molar-refractivity contribution is 7.91. The summed E-state index contributed by atoms with van der Waals surface area (Å²) in [6.07, 6.45) is 3.10. The quantitative estimate of drug-likeness (QED) is 0.815. The van der Waals surface area contributed by atoms with Gasteiger partial charge in [-0.25, -0.2) is 8.42 Å². The van der Waals surface area contributed by atoms with E-state index < -0.39 is 9.84 Å². The van der Waals surface area contributed by atoms with E-state index in [1.165, 1.54) is 0 Å². The van der Waals surface area contributed by atoms with Crippen LogP contribution in [0.4, 0.5) is 0 Å². The third-order valence-corrected chi connectivity index (χ3v) is 5.18. The van der Waals surface area contributed by atoms with Gasteiger partial charge in [0.1, 0.15) is 22.2 Å². The molecular formula is C15H21NO3S. The predicted molar refractivity (Wildman–Crippen MR) is 80.6 cm³/mol. The molecule has 0 radical (unpaired) electrons. The first-order chi connectivity index (χ1) is 9.61. The molecule has 20 heavy (non-hydrogen) atoms. The van der Waals surface area contributed by atoms with Crippen molar-refractivity contribution in [1.29, 1.82) is 0 Å². The van der Waals surface area contributed by atoms with E-state index in [1.807, 2.05) is 24.3 Å². The van der Waals surface area contributed by atoms with Gasteiger partial charge in [-0.15, -0.1) is 0 Å². The van der Waals surface area contributed by atoms with Crippen molar-refractivity contribution < 1.29 is 13.2 Å². The van der Waals surface area contributed by atoms with Crippen LogP contribution < -0.4 is 10.1 Å². The summed E-state index contributed by atoms with van der Waals surface area (Å²) >= 11 is 0. The maximum atomic E-state index is 11.4. The van der Waals surface area contributed by atoms with Crippen LogP contribution in [0.5, 0.6) is 5.75 Å². The van der Waals surface area contributed by atoms with Gasteiger partial charge in [-0.3, -0.25) is 0 Å². The lowest BCUT2D eigenvalue weighted by Gasteiger charge is -2.23. The fourth-order valence-electron chi connectivity index (χ4n) is 2.29. The smallest absolute Gasteiger partial charge is 0.150 e. The second-order valence-corrected chi connectivity index (χ2v) is 7.32. The molecule has 2 rings (SSSR count). The Morgan fingerprint density at radius 2 is 2.00 bits per heavy atom. The maximum Gasteiger partial charge on any atom is 0.150 e. The van der Waals surface area contributed by atoms with E-state index in [4.69, 9.17) is 4.74 Å². The molecule has 110 valence electrons. The van der Waals surface area contributed by atoms with Gasteiger partial charge in [0.2, 0.25) is 0 Å². The highest BCUT2D eigenvalue weighted by atomic mass is 32.2. The van der Waals surface area contributed by atoms with Gasteiger partial charge in [0.05, 0.1) is 11.5 Å². The first-order valence-corrected chi connectivity index (χ1v) is 8.68. The van der Waals surface area contributed by atoms with Gasteiger partial charge >= 0.3 is 0 Å². The molecule has 1 heterocycles. The molecule has 1 aromatic rings. The molecule has 0 saturated carbocycles. The summed E-state index contributed by atoms with van der Waals surface area (Å²) in [5.74, 6) is 1.43. The van der Waals surface area contributed by atoms with Crippen molar-refractivity contribution in [2.24, 2.45) is 0 Å². The van der Waals surface area contributed by atoms with Gasteiger partial charge in [0.25, 0.3) is 0 Å². The number of benzene rings is 1. The molecule has 1 fully saturated rings. The van der Waals surface area contributed by atoms with E-state index in [0.717, 1.165) is 11.3 Å². The van der Waals surface area contributed by atoms with Gasteiger partial charge in [0.15, 0.2) is 0 Å². The van der Waals surface area contributed by atoms with Gasteiger partial charge < -0.3 is 10.1 Å². The minimum absolute atomic E-state index is 0.269. The average molecular weight is 295 g/mol. The fourth-order valence-corrected chi connectivity index (χ4v) is 3.78. The first kappa shape index (κ1) is 15.1. The topological polar surface area (TPSA) is 55.4 Å². The summed E-state index contributed by atoms with van der Waals surface area (Å²) < 4.78 is 28.4. The van der Waals surface area contributed by atoms with Crippen LogP contribution in [0.2, 0.25) is 0 Å². The lowest BCUT2D eigenvalue weighted by molar-refractivity contribution is 0.355. The van der Waals surface area contributed by atoms with Crippen molar-refractivity contribution in [3.63, 3.8) is 0 Å². The third kappa shape index (κ3) is 4.35. The predicted octanol–water partition coefficient (Wildman–Crippen LogP) is 1.92. The zero-order valence-electron chi connectivity index (χ0n) is 11.5. The molecule has 0 bridgehead atoms. The molecule has 0 aliphatic carbocycles. The van der Waals surface area contributed by atoms with Crippen LogP contribution in [0.25, 0.3) is 0 Å². The second-order valence-electron chi connectivity index (χ2n) is 5.01. The van der Waals surface area contributed by atoms with Crippen molar-refractivity contribution in [1.82, 2.24) is 5.32 Å². The highest BCUT2D eigenvalue weighted by Crippen LogP contribution is 2.19. The Kier molecular flexibility index (Phi) is 5.20. The molecule has 1 aromatic carbocycles. The third-order valence-electron chi connectivity index (χ3n) is 3.47. The van der Waals surface area contributed by atoms with E-state index in [1.54, 1.807) is 6.08 Å². The Bertz CT molecular complexity index is 540. The Morgan fingerprint density at radius 3 is 2.70 bits per heavy atom. The van der Waals surface area contributed by atoms with Crippen molar-refractivity contribution >= 4 is 9.84 Å². The lowest BCUT2D eigenvalue weighted by atomic mass is 10.1. The zero-order chi connectivity index (χ0) is 14.4. The normalized spacial score (nSPS) is 18.6. The van der Waals surface area contributed by atoms with Gasteiger partial charge in [-0.05, 0) is 18.9 Å². The fraction of sp³-hybridized carbons (Fsp3) is 0.467. The van der Waals surface area contributed by atoms with E-state index in [2.05, 4.69) is 11.9 Å². The SMILES string of the molecule is C=CCOc1ccccc1CNC1CCS(=O)(=O)CC1. The van der Waals surface area contributed by atoms with Crippen LogP contribution in [0, 0.1) is 0 Å². The second kappa shape index (κ2) is 6.90. The van der Waals surface area contributed by atoms with Gasteiger partial charge in [-0.1, -0.05) is 30.9 Å².